The number of anilines is 1. The fourth-order valence-electron chi connectivity index (χ4n) is 3.42. The molecule has 138 valence electrons. The SMILES string of the molecule is Cc1cc(Cc2nc(NC3CCC3)c3c(ccn3-c3cnn(C)c3)n2)sn1. The van der Waals surface area contributed by atoms with Crippen LogP contribution >= 0.6 is 11.5 Å². The number of rotatable bonds is 5. The minimum Gasteiger partial charge on any atom is -0.365 e. The first-order chi connectivity index (χ1) is 13.2. The summed E-state index contributed by atoms with van der Waals surface area (Å²) < 4.78 is 8.29. The number of nitrogens with one attached hydrogen (secondary N) is 1. The third-order valence-corrected chi connectivity index (χ3v) is 5.88. The van der Waals surface area contributed by atoms with Gasteiger partial charge >= 0.3 is 0 Å². The molecule has 0 bridgehead atoms. The molecule has 5 rings (SSSR count). The summed E-state index contributed by atoms with van der Waals surface area (Å²) >= 11 is 1.52. The second-order valence-electron chi connectivity index (χ2n) is 7.16. The van der Waals surface area contributed by atoms with Crippen molar-refractivity contribution in [1.82, 2.24) is 28.7 Å². The summed E-state index contributed by atoms with van der Waals surface area (Å²) in [6, 6.07) is 4.66. The molecule has 7 nitrogen and oxygen atoms in total. The van der Waals surface area contributed by atoms with Crippen molar-refractivity contribution in [3.05, 3.63) is 47.1 Å². The molecule has 0 spiro atoms. The van der Waals surface area contributed by atoms with Crippen LogP contribution in [0, 0.1) is 6.92 Å². The van der Waals surface area contributed by atoms with Crippen LogP contribution in [0.3, 0.4) is 0 Å². The standard InChI is InChI=1S/C19H21N7S/c1-12-8-15(27-24-12)9-17-22-16-6-7-26(14-10-20-25(2)11-14)18(16)19(23-17)21-13-4-3-5-13/h6-8,10-11,13H,3-5,9H2,1-2H3,(H,21,22,23). The Hall–Kier alpha value is -2.74. The first kappa shape index (κ1) is 16.4. The molecular weight excluding hydrogens is 358 g/mol. The van der Waals surface area contributed by atoms with Gasteiger partial charge in [-0.1, -0.05) is 0 Å². The van der Waals surface area contributed by atoms with E-state index in [1.807, 2.05) is 37.2 Å². The number of fused-ring (bicyclic) bond motifs is 1. The van der Waals surface area contributed by atoms with Gasteiger partial charge in [0.15, 0.2) is 5.82 Å². The van der Waals surface area contributed by atoms with Crippen molar-refractivity contribution in [2.45, 2.75) is 38.6 Å². The zero-order valence-electron chi connectivity index (χ0n) is 15.4. The molecule has 1 N–H and O–H groups in total. The van der Waals surface area contributed by atoms with Crippen molar-refractivity contribution in [2.75, 3.05) is 5.32 Å². The van der Waals surface area contributed by atoms with E-state index in [1.165, 1.54) is 35.7 Å². The quantitative estimate of drug-likeness (QED) is 0.575. The molecule has 1 fully saturated rings. The van der Waals surface area contributed by atoms with Gasteiger partial charge in [-0.15, -0.1) is 0 Å². The van der Waals surface area contributed by atoms with Gasteiger partial charge in [-0.2, -0.15) is 9.47 Å². The summed E-state index contributed by atoms with van der Waals surface area (Å²) in [6.45, 7) is 2.02. The lowest BCUT2D eigenvalue weighted by Gasteiger charge is -2.27. The van der Waals surface area contributed by atoms with Gasteiger partial charge in [0, 0.05) is 36.8 Å². The third kappa shape index (κ3) is 3.10. The molecule has 0 saturated heterocycles. The summed E-state index contributed by atoms with van der Waals surface area (Å²) in [6.07, 6.45) is 10.3. The van der Waals surface area contributed by atoms with Crippen LogP contribution in [0.2, 0.25) is 0 Å². The number of aromatic nitrogens is 6. The normalized spacial score (nSPS) is 14.6. The number of hydrogen-bond donors (Lipinski definition) is 1. The molecule has 0 radical (unpaired) electrons. The van der Waals surface area contributed by atoms with Crippen LogP contribution in [0.15, 0.2) is 30.7 Å². The van der Waals surface area contributed by atoms with Gasteiger partial charge < -0.3 is 9.88 Å². The Morgan fingerprint density at radius 2 is 2.19 bits per heavy atom. The molecule has 1 aliphatic carbocycles. The van der Waals surface area contributed by atoms with E-state index in [0.29, 0.717) is 12.5 Å². The second-order valence-corrected chi connectivity index (χ2v) is 8.05. The first-order valence-electron chi connectivity index (χ1n) is 9.21. The largest absolute Gasteiger partial charge is 0.365 e. The second kappa shape index (κ2) is 6.45. The molecule has 0 unspecified atom stereocenters. The van der Waals surface area contributed by atoms with E-state index in [0.717, 1.165) is 34.1 Å². The maximum absolute atomic E-state index is 4.90. The zero-order chi connectivity index (χ0) is 18.4. The van der Waals surface area contributed by atoms with Crippen molar-refractivity contribution in [3.8, 4) is 5.69 Å². The monoisotopic (exact) mass is 379 g/mol. The predicted octanol–water partition coefficient (Wildman–Crippen LogP) is 3.47. The first-order valence-corrected chi connectivity index (χ1v) is 9.99. The Kier molecular flexibility index (Phi) is 3.93. The van der Waals surface area contributed by atoms with E-state index < -0.39 is 0 Å². The molecule has 0 amide bonds. The van der Waals surface area contributed by atoms with Gasteiger partial charge in [0.25, 0.3) is 0 Å². The molecule has 8 heteroatoms. The van der Waals surface area contributed by atoms with Crippen LogP contribution in [-0.4, -0.2) is 34.7 Å². The summed E-state index contributed by atoms with van der Waals surface area (Å²) in [5, 5.41) is 7.95. The van der Waals surface area contributed by atoms with Gasteiger partial charge in [-0.05, 0) is 49.9 Å². The molecular formula is C19H21N7S. The number of aryl methyl sites for hydroxylation is 2. The zero-order valence-corrected chi connectivity index (χ0v) is 16.2. The Morgan fingerprint density at radius 3 is 2.85 bits per heavy atom. The fraction of sp³-hybridized carbons (Fsp3) is 0.368. The van der Waals surface area contributed by atoms with Crippen LogP contribution in [0.1, 0.15) is 35.7 Å². The minimum absolute atomic E-state index is 0.499. The highest BCUT2D eigenvalue weighted by atomic mass is 32.1. The van der Waals surface area contributed by atoms with E-state index in [9.17, 15) is 0 Å². The molecule has 0 atom stereocenters. The summed E-state index contributed by atoms with van der Waals surface area (Å²) in [5.74, 6) is 1.74. The molecule has 4 aromatic rings. The number of hydrogen-bond acceptors (Lipinski definition) is 6. The van der Waals surface area contributed by atoms with Gasteiger partial charge in [0.1, 0.15) is 11.3 Å². The maximum Gasteiger partial charge on any atom is 0.154 e. The highest BCUT2D eigenvalue weighted by Crippen LogP contribution is 2.30. The molecule has 1 saturated carbocycles. The molecule has 4 aromatic heterocycles. The van der Waals surface area contributed by atoms with Gasteiger partial charge in [0.05, 0.1) is 23.1 Å². The van der Waals surface area contributed by atoms with E-state index in [2.05, 4.69) is 31.5 Å². The highest BCUT2D eigenvalue weighted by molar-refractivity contribution is 7.05. The van der Waals surface area contributed by atoms with Gasteiger partial charge in [-0.3, -0.25) is 4.68 Å². The smallest absolute Gasteiger partial charge is 0.154 e. The lowest BCUT2D eigenvalue weighted by molar-refractivity contribution is 0.444. The molecule has 27 heavy (non-hydrogen) atoms. The Labute approximate surface area is 161 Å². The molecule has 0 aromatic carbocycles. The van der Waals surface area contributed by atoms with E-state index >= 15 is 0 Å². The molecule has 1 aliphatic rings. The van der Waals surface area contributed by atoms with E-state index in [-0.39, 0.29) is 0 Å². The van der Waals surface area contributed by atoms with E-state index in [1.54, 1.807) is 0 Å². The Bertz CT molecular complexity index is 1100. The van der Waals surface area contributed by atoms with Crippen LogP contribution < -0.4 is 5.32 Å². The van der Waals surface area contributed by atoms with Crippen molar-refractivity contribution in [2.24, 2.45) is 7.05 Å². The van der Waals surface area contributed by atoms with Crippen LogP contribution in [0.25, 0.3) is 16.7 Å². The van der Waals surface area contributed by atoms with Crippen LogP contribution in [0.4, 0.5) is 5.82 Å². The number of nitrogens with zero attached hydrogens (tertiary/aromatic N) is 6. The fourth-order valence-corrected chi connectivity index (χ4v) is 4.15. The summed E-state index contributed by atoms with van der Waals surface area (Å²) in [4.78, 5) is 10.9. The van der Waals surface area contributed by atoms with Gasteiger partial charge in [-0.25, -0.2) is 9.97 Å². The van der Waals surface area contributed by atoms with Crippen molar-refractivity contribution in [3.63, 3.8) is 0 Å². The van der Waals surface area contributed by atoms with Crippen LogP contribution in [-0.2, 0) is 13.5 Å². The van der Waals surface area contributed by atoms with Crippen molar-refractivity contribution >= 4 is 28.4 Å². The Balaban J connectivity index is 1.60. The van der Waals surface area contributed by atoms with Gasteiger partial charge in [0.2, 0.25) is 0 Å². The highest BCUT2D eigenvalue weighted by Gasteiger charge is 2.21. The summed E-state index contributed by atoms with van der Waals surface area (Å²) in [5.41, 5.74) is 4.02. The Morgan fingerprint density at radius 1 is 1.30 bits per heavy atom. The third-order valence-electron chi connectivity index (χ3n) is 5.00. The predicted molar refractivity (Wildman–Crippen MR) is 107 cm³/mol. The molecule has 4 heterocycles. The summed E-state index contributed by atoms with van der Waals surface area (Å²) in [7, 11) is 1.92. The van der Waals surface area contributed by atoms with Crippen molar-refractivity contribution < 1.29 is 0 Å². The average molecular weight is 379 g/mol. The topological polar surface area (TPSA) is 73.5 Å². The molecule has 0 aliphatic heterocycles. The van der Waals surface area contributed by atoms with Crippen molar-refractivity contribution in [1.29, 1.82) is 0 Å². The van der Waals surface area contributed by atoms with Crippen LogP contribution in [0.5, 0.6) is 0 Å². The lowest BCUT2D eigenvalue weighted by Crippen LogP contribution is -2.28. The van der Waals surface area contributed by atoms with E-state index in [4.69, 9.17) is 9.97 Å². The maximum atomic E-state index is 4.90. The minimum atomic E-state index is 0.499. The average Bonchev–Trinajstić information content (AvgIpc) is 3.31. The lowest BCUT2D eigenvalue weighted by atomic mass is 9.93.